The molecule has 0 radical (unpaired) electrons. The minimum absolute atomic E-state index is 0.133. The van der Waals surface area contributed by atoms with Crippen LogP contribution in [0.1, 0.15) is 22.0 Å². The molecule has 0 saturated carbocycles. The van der Waals surface area contributed by atoms with Crippen LogP contribution in [0.4, 0.5) is 0 Å². The SMILES string of the molecule is COc1ccc2c(c1)OC(c1ccc(OC)c(OC)c1)C(OC)C2=O. The van der Waals surface area contributed by atoms with E-state index >= 15 is 0 Å². The molecular weight excluding hydrogens is 324 g/mol. The van der Waals surface area contributed by atoms with Crippen LogP contribution in [0.3, 0.4) is 0 Å². The fourth-order valence-electron chi connectivity index (χ4n) is 2.92. The molecule has 2 aromatic carbocycles. The van der Waals surface area contributed by atoms with Gasteiger partial charge in [0.25, 0.3) is 0 Å². The third-order valence-corrected chi connectivity index (χ3v) is 4.23. The second-order valence-electron chi connectivity index (χ2n) is 5.54. The van der Waals surface area contributed by atoms with Gasteiger partial charge < -0.3 is 23.7 Å². The lowest BCUT2D eigenvalue weighted by Crippen LogP contribution is -2.37. The van der Waals surface area contributed by atoms with Crippen molar-refractivity contribution in [2.75, 3.05) is 28.4 Å². The lowest BCUT2D eigenvalue weighted by atomic mass is 9.93. The monoisotopic (exact) mass is 344 g/mol. The van der Waals surface area contributed by atoms with Gasteiger partial charge in [-0.3, -0.25) is 4.79 Å². The van der Waals surface area contributed by atoms with Crippen molar-refractivity contribution in [3.05, 3.63) is 47.5 Å². The van der Waals surface area contributed by atoms with Gasteiger partial charge in [-0.25, -0.2) is 0 Å². The van der Waals surface area contributed by atoms with Gasteiger partial charge >= 0.3 is 0 Å². The van der Waals surface area contributed by atoms with Crippen molar-refractivity contribution < 1.29 is 28.5 Å². The van der Waals surface area contributed by atoms with E-state index < -0.39 is 12.2 Å². The summed E-state index contributed by atoms with van der Waals surface area (Å²) in [7, 11) is 6.19. The molecule has 0 aromatic heterocycles. The second kappa shape index (κ2) is 7.03. The number of ketones is 1. The van der Waals surface area contributed by atoms with E-state index in [1.165, 1.54) is 7.11 Å². The van der Waals surface area contributed by atoms with E-state index in [0.29, 0.717) is 28.6 Å². The number of benzene rings is 2. The van der Waals surface area contributed by atoms with Gasteiger partial charge in [0, 0.05) is 13.2 Å². The number of hydrogen-bond acceptors (Lipinski definition) is 6. The maximum atomic E-state index is 12.8. The summed E-state index contributed by atoms with van der Waals surface area (Å²) in [5.74, 6) is 2.11. The highest BCUT2D eigenvalue weighted by Crippen LogP contribution is 2.40. The molecular formula is C19H20O6. The zero-order valence-corrected chi connectivity index (χ0v) is 14.6. The molecule has 0 saturated heterocycles. The van der Waals surface area contributed by atoms with Gasteiger partial charge in [-0.15, -0.1) is 0 Å². The van der Waals surface area contributed by atoms with Crippen molar-refractivity contribution >= 4 is 5.78 Å². The highest BCUT2D eigenvalue weighted by Gasteiger charge is 2.39. The number of carbonyl (C=O) groups excluding carboxylic acids is 1. The molecule has 6 heteroatoms. The van der Waals surface area contributed by atoms with Crippen LogP contribution in [0.2, 0.25) is 0 Å². The zero-order chi connectivity index (χ0) is 18.0. The summed E-state index contributed by atoms with van der Waals surface area (Å²) in [4.78, 5) is 12.8. The Hall–Kier alpha value is -2.73. The van der Waals surface area contributed by atoms with E-state index in [0.717, 1.165) is 5.56 Å². The predicted octanol–water partition coefficient (Wildman–Crippen LogP) is 3.04. The maximum Gasteiger partial charge on any atom is 0.199 e. The van der Waals surface area contributed by atoms with Gasteiger partial charge in [-0.1, -0.05) is 6.07 Å². The molecule has 1 heterocycles. The fraction of sp³-hybridized carbons (Fsp3) is 0.316. The van der Waals surface area contributed by atoms with Crippen molar-refractivity contribution in [2.24, 2.45) is 0 Å². The number of fused-ring (bicyclic) bond motifs is 1. The first-order valence-electron chi connectivity index (χ1n) is 7.76. The average Bonchev–Trinajstić information content (AvgIpc) is 2.66. The molecule has 25 heavy (non-hydrogen) atoms. The summed E-state index contributed by atoms with van der Waals surface area (Å²) < 4.78 is 27.3. The summed E-state index contributed by atoms with van der Waals surface area (Å²) in [5.41, 5.74) is 1.23. The van der Waals surface area contributed by atoms with Crippen molar-refractivity contribution in [1.82, 2.24) is 0 Å². The summed E-state index contributed by atoms with van der Waals surface area (Å²) >= 11 is 0. The Bertz CT molecular complexity index is 785. The largest absolute Gasteiger partial charge is 0.497 e. The van der Waals surface area contributed by atoms with Crippen molar-refractivity contribution in [3.63, 3.8) is 0 Å². The van der Waals surface area contributed by atoms with Gasteiger partial charge in [0.05, 0.1) is 26.9 Å². The van der Waals surface area contributed by atoms with Crippen LogP contribution in [0.25, 0.3) is 0 Å². The van der Waals surface area contributed by atoms with Crippen LogP contribution in [0, 0.1) is 0 Å². The van der Waals surface area contributed by atoms with Gasteiger partial charge in [0.15, 0.2) is 29.5 Å². The van der Waals surface area contributed by atoms with E-state index in [4.69, 9.17) is 23.7 Å². The Kier molecular flexibility index (Phi) is 4.81. The Labute approximate surface area is 146 Å². The highest BCUT2D eigenvalue weighted by atomic mass is 16.5. The Morgan fingerprint density at radius 1 is 0.880 bits per heavy atom. The molecule has 0 bridgehead atoms. The van der Waals surface area contributed by atoms with Crippen LogP contribution < -0.4 is 18.9 Å². The summed E-state index contributed by atoms with van der Waals surface area (Å²) in [6.07, 6.45) is -1.35. The molecule has 2 aromatic rings. The number of hydrogen-bond donors (Lipinski definition) is 0. The van der Waals surface area contributed by atoms with Gasteiger partial charge in [0.2, 0.25) is 0 Å². The molecule has 2 unspecified atom stereocenters. The molecule has 2 atom stereocenters. The van der Waals surface area contributed by atoms with E-state index in [-0.39, 0.29) is 5.78 Å². The molecule has 6 nitrogen and oxygen atoms in total. The third kappa shape index (κ3) is 3.00. The van der Waals surface area contributed by atoms with Gasteiger partial charge in [-0.05, 0) is 29.8 Å². The van der Waals surface area contributed by atoms with E-state index in [2.05, 4.69) is 0 Å². The second-order valence-corrected chi connectivity index (χ2v) is 5.54. The molecule has 3 rings (SSSR count). The molecule has 0 amide bonds. The van der Waals surface area contributed by atoms with Crippen LogP contribution >= 0.6 is 0 Å². The number of Topliss-reactive ketones (excluding diaryl/α,β-unsaturated/α-hetero) is 1. The summed E-state index contributed by atoms with van der Waals surface area (Å²) in [6.45, 7) is 0. The first-order valence-corrected chi connectivity index (χ1v) is 7.76. The highest BCUT2D eigenvalue weighted by molar-refractivity contribution is 6.03. The number of ether oxygens (including phenoxy) is 5. The molecule has 1 aliphatic heterocycles. The first-order chi connectivity index (χ1) is 12.1. The van der Waals surface area contributed by atoms with Crippen molar-refractivity contribution in [2.45, 2.75) is 12.2 Å². The quantitative estimate of drug-likeness (QED) is 0.831. The van der Waals surface area contributed by atoms with E-state index in [1.807, 2.05) is 6.07 Å². The van der Waals surface area contributed by atoms with Crippen molar-refractivity contribution in [3.8, 4) is 23.0 Å². The summed E-state index contributed by atoms with van der Waals surface area (Å²) in [6, 6.07) is 10.5. The lowest BCUT2D eigenvalue weighted by Gasteiger charge is -2.32. The molecule has 0 aliphatic carbocycles. The summed E-state index contributed by atoms with van der Waals surface area (Å²) in [5, 5.41) is 0. The topological polar surface area (TPSA) is 63.2 Å². The molecule has 0 N–H and O–H groups in total. The Morgan fingerprint density at radius 2 is 1.64 bits per heavy atom. The standard InChI is InChI=1S/C19H20O6/c1-21-12-6-7-13-15(10-12)25-18(19(24-4)17(13)20)11-5-8-14(22-2)16(9-11)23-3/h5-10,18-19H,1-4H3. The molecule has 0 fully saturated rings. The molecule has 132 valence electrons. The van der Waals surface area contributed by atoms with E-state index in [9.17, 15) is 4.79 Å². The third-order valence-electron chi connectivity index (χ3n) is 4.23. The number of rotatable bonds is 5. The lowest BCUT2D eigenvalue weighted by molar-refractivity contribution is -0.000762. The fourth-order valence-corrected chi connectivity index (χ4v) is 2.92. The Morgan fingerprint density at radius 3 is 2.28 bits per heavy atom. The van der Waals surface area contributed by atoms with Gasteiger partial charge in [0.1, 0.15) is 11.5 Å². The van der Waals surface area contributed by atoms with Crippen LogP contribution in [0.15, 0.2) is 36.4 Å². The predicted molar refractivity (Wildman–Crippen MR) is 91.0 cm³/mol. The zero-order valence-electron chi connectivity index (χ0n) is 14.6. The molecule has 1 aliphatic rings. The number of carbonyl (C=O) groups is 1. The van der Waals surface area contributed by atoms with Crippen LogP contribution in [-0.4, -0.2) is 40.3 Å². The first kappa shape index (κ1) is 17.1. The smallest absolute Gasteiger partial charge is 0.199 e. The van der Waals surface area contributed by atoms with Crippen LogP contribution in [-0.2, 0) is 4.74 Å². The normalized spacial score (nSPS) is 19.0. The minimum atomic E-state index is -0.751. The van der Waals surface area contributed by atoms with E-state index in [1.54, 1.807) is 51.7 Å². The number of methoxy groups -OCH3 is 4. The minimum Gasteiger partial charge on any atom is -0.497 e. The van der Waals surface area contributed by atoms with Crippen LogP contribution in [0.5, 0.6) is 23.0 Å². The Balaban J connectivity index is 2.04. The van der Waals surface area contributed by atoms with Crippen molar-refractivity contribution in [1.29, 1.82) is 0 Å². The molecule has 0 spiro atoms. The maximum absolute atomic E-state index is 12.8. The van der Waals surface area contributed by atoms with Gasteiger partial charge in [-0.2, -0.15) is 0 Å². The average molecular weight is 344 g/mol.